The summed E-state index contributed by atoms with van der Waals surface area (Å²) in [4.78, 5) is 29.0. The van der Waals surface area contributed by atoms with Crippen LogP contribution in [0.15, 0.2) is 66.7 Å². The summed E-state index contributed by atoms with van der Waals surface area (Å²) in [7, 11) is -3.89. The number of hydrogen-bond acceptors (Lipinski definition) is 4. The van der Waals surface area contributed by atoms with Crippen molar-refractivity contribution in [2.24, 2.45) is 0 Å². The lowest BCUT2D eigenvalue weighted by Crippen LogP contribution is -2.52. The van der Waals surface area contributed by atoms with Gasteiger partial charge in [0.2, 0.25) is 21.8 Å². The lowest BCUT2D eigenvalue weighted by atomic mass is 10.0. The van der Waals surface area contributed by atoms with Crippen molar-refractivity contribution in [2.45, 2.75) is 58.2 Å². The van der Waals surface area contributed by atoms with Gasteiger partial charge < -0.3 is 10.2 Å². The van der Waals surface area contributed by atoms with Crippen LogP contribution in [0.5, 0.6) is 0 Å². The zero-order valence-corrected chi connectivity index (χ0v) is 26.5. The fourth-order valence-electron chi connectivity index (χ4n) is 4.47. The van der Waals surface area contributed by atoms with Crippen LogP contribution in [0.4, 0.5) is 14.5 Å². The van der Waals surface area contributed by atoms with Crippen LogP contribution in [0.25, 0.3) is 0 Å². The third-order valence-corrected chi connectivity index (χ3v) is 8.75. The van der Waals surface area contributed by atoms with Crippen LogP contribution in [0.2, 0.25) is 10.0 Å². The minimum atomic E-state index is -3.89. The van der Waals surface area contributed by atoms with Crippen molar-refractivity contribution >= 4 is 50.7 Å². The van der Waals surface area contributed by atoms with Gasteiger partial charge in [0.15, 0.2) is 11.6 Å². The third kappa shape index (κ3) is 9.91. The highest BCUT2D eigenvalue weighted by atomic mass is 35.5. The van der Waals surface area contributed by atoms with E-state index in [9.17, 15) is 26.8 Å². The maximum atomic E-state index is 13.9. The highest BCUT2D eigenvalue weighted by molar-refractivity contribution is 7.92. The molecule has 2 amide bonds. The summed E-state index contributed by atoms with van der Waals surface area (Å²) >= 11 is 12.6. The SMILES string of the molecule is CC[C@H](C)NC(=O)[C@@H](Cc1ccccc1)N(Cc1ccc(Cl)cc1Cl)C(=O)CCCN(c1ccc(F)c(F)c1)S(C)(=O)=O. The Labute approximate surface area is 261 Å². The first-order valence-electron chi connectivity index (χ1n) is 13.8. The molecule has 0 aliphatic rings. The molecule has 0 spiro atoms. The number of amides is 2. The van der Waals surface area contributed by atoms with Crippen LogP contribution < -0.4 is 9.62 Å². The molecule has 0 unspecified atom stereocenters. The van der Waals surface area contributed by atoms with Gasteiger partial charge in [0.05, 0.1) is 11.9 Å². The lowest BCUT2D eigenvalue weighted by molar-refractivity contribution is -0.141. The first-order valence-corrected chi connectivity index (χ1v) is 16.4. The molecule has 0 aromatic heterocycles. The van der Waals surface area contributed by atoms with Gasteiger partial charge in [-0.3, -0.25) is 13.9 Å². The van der Waals surface area contributed by atoms with E-state index in [0.717, 1.165) is 34.3 Å². The van der Waals surface area contributed by atoms with Crippen LogP contribution in [0.1, 0.15) is 44.2 Å². The van der Waals surface area contributed by atoms with Gasteiger partial charge >= 0.3 is 0 Å². The largest absolute Gasteiger partial charge is 0.352 e. The smallest absolute Gasteiger partial charge is 0.243 e. The van der Waals surface area contributed by atoms with Crippen molar-refractivity contribution in [1.29, 1.82) is 0 Å². The molecule has 0 radical (unpaired) electrons. The second-order valence-electron chi connectivity index (χ2n) is 10.3. The predicted molar refractivity (Wildman–Crippen MR) is 167 cm³/mol. The van der Waals surface area contributed by atoms with Gasteiger partial charge in [0.1, 0.15) is 6.04 Å². The molecule has 1 N–H and O–H groups in total. The molecule has 0 fully saturated rings. The number of nitrogens with one attached hydrogen (secondary N) is 1. The Bertz CT molecular complexity index is 1530. The molecular formula is C31H35Cl2F2N3O4S. The Morgan fingerprint density at radius 1 is 0.977 bits per heavy atom. The first kappa shape index (κ1) is 34.3. The van der Waals surface area contributed by atoms with Gasteiger partial charge in [-0.25, -0.2) is 17.2 Å². The standard InChI is InChI=1S/C31H35Cl2F2N3O4S/c1-4-21(2)36-31(40)29(17-22-9-6-5-7-10-22)37(20-23-12-13-24(32)18-26(23)33)30(39)11-8-16-38(43(3,41)42)25-14-15-27(34)28(35)19-25/h5-7,9-10,12-15,18-19,21,29H,4,8,11,16-17,20H2,1-3H3,(H,36,40)/t21-,29+/m0/s1. The first-order chi connectivity index (χ1) is 20.3. The van der Waals surface area contributed by atoms with Crippen molar-refractivity contribution in [3.05, 3.63) is 99.5 Å². The van der Waals surface area contributed by atoms with Crippen molar-refractivity contribution in [1.82, 2.24) is 10.2 Å². The van der Waals surface area contributed by atoms with E-state index in [4.69, 9.17) is 23.2 Å². The second-order valence-corrected chi connectivity index (χ2v) is 13.1. The fraction of sp³-hybridized carbons (Fsp3) is 0.355. The van der Waals surface area contributed by atoms with Crippen LogP contribution in [0, 0.1) is 11.6 Å². The monoisotopic (exact) mass is 653 g/mol. The van der Waals surface area contributed by atoms with E-state index < -0.39 is 33.6 Å². The molecule has 0 saturated heterocycles. The number of hydrogen-bond donors (Lipinski definition) is 1. The average Bonchev–Trinajstić information content (AvgIpc) is 2.95. The molecule has 7 nitrogen and oxygen atoms in total. The molecule has 2 atom stereocenters. The van der Waals surface area contributed by atoms with Crippen molar-refractivity contribution in [3.63, 3.8) is 0 Å². The fourth-order valence-corrected chi connectivity index (χ4v) is 5.90. The highest BCUT2D eigenvalue weighted by Crippen LogP contribution is 2.26. The van der Waals surface area contributed by atoms with Gasteiger partial charge in [0, 0.05) is 48.1 Å². The normalized spacial score (nSPS) is 12.8. The van der Waals surface area contributed by atoms with Crippen LogP contribution in [-0.2, 0) is 32.6 Å². The summed E-state index contributed by atoms with van der Waals surface area (Å²) < 4.78 is 53.3. The molecule has 0 heterocycles. The minimum Gasteiger partial charge on any atom is -0.352 e. The topological polar surface area (TPSA) is 86.8 Å². The molecule has 0 aliphatic carbocycles. The summed E-state index contributed by atoms with van der Waals surface area (Å²) in [6, 6.07) is 15.9. The quantitative estimate of drug-likeness (QED) is 0.219. The summed E-state index contributed by atoms with van der Waals surface area (Å²) in [5.74, 6) is -3.05. The van der Waals surface area contributed by atoms with Gasteiger partial charge in [-0.2, -0.15) is 0 Å². The lowest BCUT2D eigenvalue weighted by Gasteiger charge is -2.33. The molecule has 3 rings (SSSR count). The van der Waals surface area contributed by atoms with Gasteiger partial charge in [-0.1, -0.05) is 66.5 Å². The van der Waals surface area contributed by atoms with E-state index in [2.05, 4.69) is 5.32 Å². The summed E-state index contributed by atoms with van der Waals surface area (Å²) in [6.45, 7) is 3.64. The third-order valence-electron chi connectivity index (χ3n) is 6.97. The van der Waals surface area contributed by atoms with E-state index >= 15 is 0 Å². The molecule has 232 valence electrons. The van der Waals surface area contributed by atoms with E-state index in [-0.39, 0.29) is 50.0 Å². The van der Waals surface area contributed by atoms with E-state index in [0.29, 0.717) is 22.0 Å². The van der Waals surface area contributed by atoms with Gasteiger partial charge in [0.25, 0.3) is 0 Å². The molecule has 0 saturated carbocycles. The van der Waals surface area contributed by atoms with Gasteiger partial charge in [-0.05, 0) is 55.2 Å². The Morgan fingerprint density at radius 3 is 2.28 bits per heavy atom. The predicted octanol–water partition coefficient (Wildman–Crippen LogP) is 6.37. The van der Waals surface area contributed by atoms with Crippen molar-refractivity contribution in [3.8, 4) is 0 Å². The summed E-state index contributed by atoms with van der Waals surface area (Å²) in [6.07, 6.45) is 1.76. The molecule has 3 aromatic rings. The number of rotatable bonds is 14. The molecule has 0 aliphatic heterocycles. The molecule has 12 heteroatoms. The number of halogens is 4. The zero-order chi connectivity index (χ0) is 31.7. The van der Waals surface area contributed by atoms with Crippen molar-refractivity contribution in [2.75, 3.05) is 17.1 Å². The van der Waals surface area contributed by atoms with Crippen molar-refractivity contribution < 1.29 is 26.8 Å². The molecule has 43 heavy (non-hydrogen) atoms. The Hall–Kier alpha value is -3.21. The maximum absolute atomic E-state index is 13.9. The number of carbonyl (C=O) groups is 2. The number of anilines is 1. The Balaban J connectivity index is 1.93. The maximum Gasteiger partial charge on any atom is 0.243 e. The number of carbonyl (C=O) groups excluding carboxylic acids is 2. The van der Waals surface area contributed by atoms with Gasteiger partial charge in [-0.15, -0.1) is 0 Å². The summed E-state index contributed by atoms with van der Waals surface area (Å²) in [5, 5.41) is 3.72. The second kappa shape index (κ2) is 15.5. The van der Waals surface area contributed by atoms with E-state index in [1.54, 1.807) is 18.2 Å². The van der Waals surface area contributed by atoms with Crippen LogP contribution in [-0.4, -0.2) is 50.0 Å². The zero-order valence-electron chi connectivity index (χ0n) is 24.2. The number of benzene rings is 3. The Kier molecular flexibility index (Phi) is 12.4. The minimum absolute atomic E-state index is 0.000768. The van der Waals surface area contributed by atoms with Crippen LogP contribution in [0.3, 0.4) is 0 Å². The molecular weight excluding hydrogens is 619 g/mol. The Morgan fingerprint density at radius 2 is 1.67 bits per heavy atom. The molecule has 3 aromatic carbocycles. The molecule has 0 bridgehead atoms. The highest BCUT2D eigenvalue weighted by Gasteiger charge is 2.31. The average molecular weight is 655 g/mol. The van der Waals surface area contributed by atoms with E-state index in [1.165, 1.54) is 4.90 Å². The number of sulfonamides is 1. The number of nitrogens with zero attached hydrogens (tertiary/aromatic N) is 2. The summed E-state index contributed by atoms with van der Waals surface area (Å²) in [5.41, 5.74) is 1.36. The van der Waals surface area contributed by atoms with E-state index in [1.807, 2.05) is 44.2 Å². The van der Waals surface area contributed by atoms with Crippen LogP contribution >= 0.6 is 23.2 Å².